The summed E-state index contributed by atoms with van der Waals surface area (Å²) < 4.78 is 0. The molecule has 1 rings (SSSR count). The smallest absolute Gasteiger partial charge is 0.330 e. The van der Waals surface area contributed by atoms with Crippen molar-refractivity contribution in [2.24, 2.45) is 5.92 Å². The molecular weight excluding hydrogens is 190 g/mol. The van der Waals surface area contributed by atoms with Gasteiger partial charge in [0.15, 0.2) is 0 Å². The van der Waals surface area contributed by atoms with Crippen molar-refractivity contribution in [2.45, 2.75) is 39.7 Å². The van der Waals surface area contributed by atoms with E-state index in [-0.39, 0.29) is 0 Å². The molecule has 1 aliphatic heterocycles. The van der Waals surface area contributed by atoms with Gasteiger partial charge in [-0.05, 0) is 39.2 Å². The predicted octanol–water partition coefficient (Wildman–Crippen LogP) is 2.14. The summed E-state index contributed by atoms with van der Waals surface area (Å²) in [5.41, 5.74) is 0.445. The Labute approximate surface area is 91.8 Å². The van der Waals surface area contributed by atoms with Gasteiger partial charge >= 0.3 is 5.97 Å². The molecule has 0 bridgehead atoms. The Morgan fingerprint density at radius 2 is 2.20 bits per heavy atom. The van der Waals surface area contributed by atoms with Gasteiger partial charge in [0, 0.05) is 18.2 Å². The van der Waals surface area contributed by atoms with Gasteiger partial charge in [-0.25, -0.2) is 4.79 Å². The number of nitrogens with zero attached hydrogens (tertiary/aromatic N) is 1. The van der Waals surface area contributed by atoms with Crippen molar-refractivity contribution in [1.82, 2.24) is 4.90 Å². The van der Waals surface area contributed by atoms with Crippen LogP contribution in [0.5, 0.6) is 0 Å². The first-order chi connectivity index (χ1) is 7.00. The summed E-state index contributed by atoms with van der Waals surface area (Å²) in [6.07, 6.45) is 4.26. The second-order valence-electron chi connectivity index (χ2n) is 4.67. The molecule has 0 aromatic rings. The molecule has 3 nitrogen and oxygen atoms in total. The Morgan fingerprint density at radius 1 is 1.53 bits per heavy atom. The largest absolute Gasteiger partial charge is 0.478 e. The van der Waals surface area contributed by atoms with E-state index in [1.54, 1.807) is 6.92 Å². The first-order valence-corrected chi connectivity index (χ1v) is 5.64. The number of piperidine rings is 1. The van der Waals surface area contributed by atoms with Crippen molar-refractivity contribution in [1.29, 1.82) is 0 Å². The summed E-state index contributed by atoms with van der Waals surface area (Å²) in [6, 6.07) is 0.576. The van der Waals surface area contributed by atoms with Crippen molar-refractivity contribution in [3.63, 3.8) is 0 Å². The third-order valence-corrected chi connectivity index (χ3v) is 3.25. The third-order valence-electron chi connectivity index (χ3n) is 3.25. The van der Waals surface area contributed by atoms with Gasteiger partial charge < -0.3 is 5.11 Å². The fourth-order valence-electron chi connectivity index (χ4n) is 2.07. The second-order valence-corrected chi connectivity index (χ2v) is 4.67. The van der Waals surface area contributed by atoms with Crippen LogP contribution in [0.15, 0.2) is 11.6 Å². The molecule has 15 heavy (non-hydrogen) atoms. The van der Waals surface area contributed by atoms with Gasteiger partial charge in [-0.2, -0.15) is 0 Å². The van der Waals surface area contributed by atoms with Gasteiger partial charge in [0.25, 0.3) is 0 Å². The minimum Gasteiger partial charge on any atom is -0.478 e. The number of aliphatic carboxylic acids is 1. The van der Waals surface area contributed by atoms with Gasteiger partial charge in [-0.15, -0.1) is 0 Å². The zero-order valence-electron chi connectivity index (χ0n) is 9.86. The molecule has 3 heteroatoms. The highest BCUT2D eigenvalue weighted by Crippen LogP contribution is 2.21. The highest BCUT2D eigenvalue weighted by Gasteiger charge is 2.21. The zero-order chi connectivity index (χ0) is 11.4. The molecule has 1 heterocycles. The van der Waals surface area contributed by atoms with Crippen molar-refractivity contribution in [2.75, 3.05) is 13.1 Å². The van der Waals surface area contributed by atoms with E-state index < -0.39 is 5.97 Å². The minimum atomic E-state index is -0.812. The van der Waals surface area contributed by atoms with Crippen LogP contribution in [0.4, 0.5) is 0 Å². The predicted molar refractivity (Wildman–Crippen MR) is 60.8 cm³/mol. The molecule has 0 aromatic carbocycles. The number of hydrogen-bond donors (Lipinski definition) is 1. The molecule has 0 spiro atoms. The van der Waals surface area contributed by atoms with Gasteiger partial charge in [0.1, 0.15) is 0 Å². The maximum absolute atomic E-state index is 10.6. The van der Waals surface area contributed by atoms with E-state index >= 15 is 0 Å². The molecule has 0 saturated carbocycles. The summed E-state index contributed by atoms with van der Waals surface area (Å²) in [4.78, 5) is 13.0. The van der Waals surface area contributed by atoms with Crippen LogP contribution in [0.3, 0.4) is 0 Å². The van der Waals surface area contributed by atoms with Crippen molar-refractivity contribution in [3.8, 4) is 0 Å². The van der Waals surface area contributed by atoms with Crippen LogP contribution in [0.1, 0.15) is 33.6 Å². The van der Waals surface area contributed by atoms with Crippen LogP contribution in [-0.2, 0) is 4.79 Å². The Kier molecular flexibility index (Phi) is 4.33. The molecule has 86 valence electrons. The average Bonchev–Trinajstić information content (AvgIpc) is 2.15. The Bertz CT molecular complexity index is 260. The van der Waals surface area contributed by atoms with Crippen LogP contribution in [0.25, 0.3) is 0 Å². The Morgan fingerprint density at radius 3 is 2.73 bits per heavy atom. The van der Waals surface area contributed by atoms with Gasteiger partial charge in [0.05, 0.1) is 0 Å². The molecule has 0 aromatic heterocycles. The monoisotopic (exact) mass is 211 g/mol. The fourth-order valence-corrected chi connectivity index (χ4v) is 2.07. The van der Waals surface area contributed by atoms with E-state index in [0.29, 0.717) is 11.6 Å². The average molecular weight is 211 g/mol. The summed E-state index contributed by atoms with van der Waals surface area (Å²) >= 11 is 0. The molecule has 0 aliphatic carbocycles. The van der Waals surface area contributed by atoms with Crippen LogP contribution >= 0.6 is 0 Å². The first kappa shape index (κ1) is 12.2. The first-order valence-electron chi connectivity index (χ1n) is 5.64. The van der Waals surface area contributed by atoms with Crippen LogP contribution in [0, 0.1) is 5.92 Å². The Hall–Kier alpha value is -0.830. The number of rotatable bonds is 3. The molecule has 1 saturated heterocycles. The minimum absolute atomic E-state index is 0.445. The van der Waals surface area contributed by atoms with E-state index in [9.17, 15) is 4.79 Å². The lowest BCUT2D eigenvalue weighted by atomic mass is 9.93. The molecule has 1 fully saturated rings. The second kappa shape index (κ2) is 5.31. The summed E-state index contributed by atoms with van der Waals surface area (Å²) in [5.74, 6) is -0.00571. The molecule has 0 radical (unpaired) electrons. The molecule has 2 unspecified atom stereocenters. The maximum Gasteiger partial charge on any atom is 0.330 e. The lowest BCUT2D eigenvalue weighted by Gasteiger charge is -2.35. The van der Waals surface area contributed by atoms with Gasteiger partial charge in [-0.1, -0.05) is 13.0 Å². The van der Waals surface area contributed by atoms with Crippen molar-refractivity contribution < 1.29 is 9.90 Å². The molecule has 1 N–H and O–H groups in total. The van der Waals surface area contributed by atoms with E-state index in [1.165, 1.54) is 12.8 Å². The van der Waals surface area contributed by atoms with E-state index in [2.05, 4.69) is 18.7 Å². The number of hydrogen-bond acceptors (Lipinski definition) is 2. The highest BCUT2D eigenvalue weighted by molar-refractivity contribution is 5.85. The van der Waals surface area contributed by atoms with Crippen LogP contribution in [-0.4, -0.2) is 35.1 Å². The van der Waals surface area contributed by atoms with Crippen molar-refractivity contribution in [3.05, 3.63) is 11.6 Å². The van der Waals surface area contributed by atoms with E-state index in [4.69, 9.17) is 5.11 Å². The van der Waals surface area contributed by atoms with Gasteiger partial charge in [-0.3, -0.25) is 4.90 Å². The molecule has 0 amide bonds. The van der Waals surface area contributed by atoms with Crippen LogP contribution in [0.2, 0.25) is 0 Å². The zero-order valence-corrected chi connectivity index (χ0v) is 9.86. The number of carboxylic acids is 1. The topological polar surface area (TPSA) is 40.5 Å². The summed E-state index contributed by atoms with van der Waals surface area (Å²) in [7, 11) is 0. The fraction of sp³-hybridized carbons (Fsp3) is 0.750. The van der Waals surface area contributed by atoms with Gasteiger partial charge in [0.2, 0.25) is 0 Å². The number of carboxylic acid groups (broad SMARTS) is 1. The van der Waals surface area contributed by atoms with E-state index in [1.807, 2.05) is 6.08 Å². The summed E-state index contributed by atoms with van der Waals surface area (Å²) in [5, 5.41) is 8.73. The standard InChI is InChI=1S/C12H21NO2/c1-9-4-6-13(11(3)8-9)7-5-10(2)12(14)15/h5,9,11H,4,6-8H2,1-3H3,(H,14,15)/b10-5-. The molecule has 1 aliphatic rings. The Balaban J connectivity index is 2.45. The van der Waals surface area contributed by atoms with E-state index in [0.717, 1.165) is 19.0 Å². The lowest BCUT2D eigenvalue weighted by molar-refractivity contribution is -0.132. The molecular formula is C12H21NO2. The van der Waals surface area contributed by atoms with Crippen LogP contribution < -0.4 is 0 Å². The van der Waals surface area contributed by atoms with Crippen molar-refractivity contribution >= 4 is 5.97 Å². The normalized spacial score (nSPS) is 29.1. The lowest BCUT2D eigenvalue weighted by Crippen LogP contribution is -2.40. The number of carbonyl (C=O) groups is 1. The SMILES string of the molecule is C/C(=C/CN1CCC(C)CC1C)C(=O)O. The third kappa shape index (κ3) is 3.67. The quantitative estimate of drug-likeness (QED) is 0.727. The molecule has 2 atom stereocenters. The highest BCUT2D eigenvalue weighted by atomic mass is 16.4. The number of likely N-dealkylation sites (tertiary alicyclic amines) is 1. The summed E-state index contributed by atoms with van der Waals surface area (Å²) in [6.45, 7) is 8.02. The maximum atomic E-state index is 10.6.